The van der Waals surface area contributed by atoms with Gasteiger partial charge >= 0.3 is 0 Å². The van der Waals surface area contributed by atoms with E-state index >= 15 is 0 Å². The second-order valence-electron chi connectivity index (χ2n) is 10.0. The van der Waals surface area contributed by atoms with E-state index < -0.39 is 6.15 Å². The van der Waals surface area contributed by atoms with Crippen LogP contribution in [0.2, 0.25) is 0 Å². The van der Waals surface area contributed by atoms with Crippen LogP contribution in [0.15, 0.2) is 150 Å². The smallest absolute Gasteiger partial charge is 0.211 e. The molecule has 196 valence electrons. The normalized spacial score (nSPS) is 11.0. The van der Waals surface area contributed by atoms with Crippen molar-refractivity contribution < 1.29 is 4.79 Å². The summed E-state index contributed by atoms with van der Waals surface area (Å²) in [6.45, 7) is 0. The molecule has 0 unspecified atom stereocenters. The van der Waals surface area contributed by atoms with Gasteiger partial charge in [0.05, 0.1) is 18.7 Å². The van der Waals surface area contributed by atoms with Crippen molar-refractivity contribution in [1.82, 2.24) is 0 Å². The molecule has 0 N–H and O–H groups in total. The molecule has 0 aromatic heterocycles. The zero-order valence-electron chi connectivity index (χ0n) is 22.5. The fourth-order valence-corrected chi connectivity index (χ4v) is 6.18. The van der Waals surface area contributed by atoms with Crippen LogP contribution >= 0.6 is 15.9 Å². The van der Waals surface area contributed by atoms with Gasteiger partial charge in [0.1, 0.15) is 0 Å². The molecule has 0 radical (unpaired) electrons. The summed E-state index contributed by atoms with van der Waals surface area (Å²) in [7, 11) is 0.187. The average Bonchev–Trinajstić information content (AvgIpc) is 2.98. The number of carbonyl (C=O) groups excluding carboxylic acids is 1. The Morgan fingerprint density at radius 2 is 0.974 bits per heavy atom. The molecular formula is C35H34BBrOS. The molecule has 0 atom stereocenters. The van der Waals surface area contributed by atoms with Crippen LogP contribution in [-0.2, 0) is 17.2 Å². The van der Waals surface area contributed by atoms with E-state index in [0.29, 0.717) is 5.75 Å². The fourth-order valence-electron chi connectivity index (χ4n) is 5.22. The van der Waals surface area contributed by atoms with Crippen molar-refractivity contribution in [3.63, 3.8) is 0 Å². The van der Waals surface area contributed by atoms with Gasteiger partial charge in [0.25, 0.3) is 0 Å². The van der Waals surface area contributed by atoms with Crippen molar-refractivity contribution in [3.8, 4) is 0 Å². The molecule has 0 aliphatic rings. The highest BCUT2D eigenvalue weighted by Crippen LogP contribution is 2.15. The highest BCUT2D eigenvalue weighted by atomic mass is 79.9. The zero-order valence-corrected chi connectivity index (χ0v) is 24.9. The lowest BCUT2D eigenvalue weighted by molar-refractivity contribution is 0.102. The van der Waals surface area contributed by atoms with Gasteiger partial charge in [0.15, 0.2) is 5.75 Å². The van der Waals surface area contributed by atoms with Gasteiger partial charge < -0.3 is 0 Å². The molecule has 0 fully saturated rings. The Balaban J connectivity index is 0.000000229. The maximum atomic E-state index is 11.6. The second kappa shape index (κ2) is 14.2. The molecule has 4 heteroatoms. The van der Waals surface area contributed by atoms with Crippen molar-refractivity contribution in [3.05, 3.63) is 161 Å². The van der Waals surface area contributed by atoms with E-state index in [0.717, 1.165) is 16.4 Å². The third-order valence-corrected chi connectivity index (χ3v) is 8.44. The largest absolute Gasteiger partial charge is 0.289 e. The van der Waals surface area contributed by atoms with E-state index in [-0.39, 0.29) is 16.7 Å². The summed E-state index contributed by atoms with van der Waals surface area (Å²) >= 11 is 3.34. The summed E-state index contributed by atoms with van der Waals surface area (Å²) in [4.78, 5) is 11.6. The Kier molecular flexibility index (Phi) is 10.4. The molecule has 0 aliphatic carbocycles. The first-order valence-corrected chi connectivity index (χ1v) is 16.2. The maximum absolute atomic E-state index is 11.6. The lowest BCUT2D eigenvalue weighted by atomic mass is 9.14. The second-order valence-corrected chi connectivity index (χ2v) is 13.2. The lowest BCUT2D eigenvalue weighted by Crippen LogP contribution is -2.68. The third-order valence-electron chi connectivity index (χ3n) is 7.08. The molecule has 0 aliphatic heterocycles. The zero-order chi connectivity index (χ0) is 27.5. The quantitative estimate of drug-likeness (QED) is 0.115. The van der Waals surface area contributed by atoms with Gasteiger partial charge in [0.2, 0.25) is 5.78 Å². The van der Waals surface area contributed by atoms with E-state index in [1.165, 1.54) is 22.0 Å². The fraction of sp³-hybridized carbons (Fsp3) is 0.114. The molecule has 0 amide bonds. The van der Waals surface area contributed by atoms with Gasteiger partial charge in [-0.1, -0.05) is 155 Å². The van der Waals surface area contributed by atoms with Crippen molar-refractivity contribution >= 4 is 55.1 Å². The molecule has 5 rings (SSSR count). The van der Waals surface area contributed by atoms with Gasteiger partial charge in [-0.05, 0) is 23.0 Å². The Hall–Kier alpha value is -3.34. The van der Waals surface area contributed by atoms with E-state index in [2.05, 4.69) is 150 Å². The van der Waals surface area contributed by atoms with E-state index in [1.807, 2.05) is 24.3 Å². The Bertz CT molecular complexity index is 1330. The monoisotopic (exact) mass is 592 g/mol. The number of hydrogen-bond acceptors (Lipinski definition) is 1. The minimum atomic E-state index is -1.09. The van der Waals surface area contributed by atoms with Crippen molar-refractivity contribution in [1.29, 1.82) is 0 Å². The Labute approximate surface area is 244 Å². The van der Waals surface area contributed by atoms with Gasteiger partial charge in [-0.2, -0.15) is 16.4 Å². The highest BCUT2D eigenvalue weighted by Gasteiger charge is 2.29. The minimum Gasteiger partial charge on any atom is -0.289 e. The Morgan fingerprint density at radius 1 is 0.590 bits per heavy atom. The predicted molar refractivity (Wildman–Crippen MR) is 177 cm³/mol. The van der Waals surface area contributed by atoms with E-state index in [9.17, 15) is 4.79 Å². The Morgan fingerprint density at radius 3 is 1.36 bits per heavy atom. The van der Waals surface area contributed by atoms with Gasteiger partial charge in [-0.3, -0.25) is 4.79 Å². The number of ketones is 1. The molecule has 0 heterocycles. The first-order chi connectivity index (χ1) is 19.0. The first-order valence-electron chi connectivity index (χ1n) is 13.2. The third kappa shape index (κ3) is 7.62. The SMILES string of the molecule is C[S+](C)CC(=O)c1ccc(Br)cc1.c1ccc(C[B-](c2ccccc2)(c2ccccc2)c2ccccc2)cc1. The van der Waals surface area contributed by atoms with Crippen LogP contribution in [0.3, 0.4) is 0 Å². The van der Waals surface area contributed by atoms with Crippen LogP contribution in [0.5, 0.6) is 0 Å². The van der Waals surface area contributed by atoms with E-state index in [1.54, 1.807) is 0 Å². The van der Waals surface area contributed by atoms with Crippen LogP contribution in [-0.4, -0.2) is 30.2 Å². The van der Waals surface area contributed by atoms with E-state index in [4.69, 9.17) is 0 Å². The predicted octanol–water partition coefficient (Wildman–Crippen LogP) is 6.45. The average molecular weight is 593 g/mol. The topological polar surface area (TPSA) is 17.1 Å². The summed E-state index contributed by atoms with van der Waals surface area (Å²) in [5.41, 5.74) is 6.32. The van der Waals surface area contributed by atoms with Crippen LogP contribution in [0.1, 0.15) is 15.9 Å². The van der Waals surface area contributed by atoms with Crippen LogP contribution < -0.4 is 16.4 Å². The van der Waals surface area contributed by atoms with Crippen LogP contribution in [0, 0.1) is 0 Å². The summed E-state index contributed by atoms with van der Waals surface area (Å²) in [6, 6.07) is 51.3. The molecule has 5 aromatic carbocycles. The van der Waals surface area contributed by atoms with Gasteiger partial charge in [-0.15, -0.1) is 6.32 Å². The molecule has 0 saturated heterocycles. The molecule has 5 aromatic rings. The molecular weight excluding hydrogens is 559 g/mol. The molecule has 1 nitrogen and oxygen atoms in total. The summed E-state index contributed by atoms with van der Waals surface area (Å²) in [5, 5.41) is 0. The number of rotatable bonds is 8. The lowest BCUT2D eigenvalue weighted by Gasteiger charge is -2.43. The number of benzene rings is 5. The van der Waals surface area contributed by atoms with Crippen molar-refractivity contribution in [2.45, 2.75) is 6.32 Å². The summed E-state index contributed by atoms with van der Waals surface area (Å²) in [5.74, 6) is 0.891. The molecule has 0 bridgehead atoms. The van der Waals surface area contributed by atoms with Crippen molar-refractivity contribution in [2.24, 2.45) is 0 Å². The van der Waals surface area contributed by atoms with Crippen LogP contribution in [0.4, 0.5) is 0 Å². The molecule has 0 spiro atoms. The maximum Gasteiger partial charge on any atom is 0.211 e. The summed E-state index contributed by atoms with van der Waals surface area (Å²) in [6.07, 6.45) is 4.05. The molecule has 0 saturated carbocycles. The number of halogens is 1. The number of Topliss-reactive ketones (excluding diaryl/α,β-unsaturated/α-hetero) is 1. The van der Waals surface area contributed by atoms with Gasteiger partial charge in [-0.25, -0.2) is 0 Å². The first kappa shape index (κ1) is 28.7. The standard InChI is InChI=1S/C25H22B.C10H12BrOS/c1-5-13-22(14-6-1)21-26(23-15-7-2-8-16-23,24-17-9-3-10-18-24)25-19-11-4-12-20-25;1-13(2)7-10(12)8-3-5-9(11)6-4-8/h1-20H,21H2;3-6H,7H2,1-2H3/q-1;+1. The summed E-state index contributed by atoms with van der Waals surface area (Å²) < 4.78 is 1.01. The molecule has 39 heavy (non-hydrogen) atoms. The highest BCUT2D eigenvalue weighted by molar-refractivity contribution is 9.10. The number of carbonyl (C=O) groups is 1. The van der Waals surface area contributed by atoms with Gasteiger partial charge in [0, 0.05) is 10.0 Å². The van der Waals surface area contributed by atoms with Crippen LogP contribution in [0.25, 0.3) is 0 Å². The minimum absolute atomic E-state index is 0.187. The number of hydrogen-bond donors (Lipinski definition) is 0. The van der Waals surface area contributed by atoms with Crippen molar-refractivity contribution in [2.75, 3.05) is 18.3 Å².